The standard InChI is InChI=1S/C14H25N5O2S/c1-12-6-13(2)8-18(7-12)22(20,21)17-5-3-4-14(9-17)19-11-15-10-16-19/h10-14H,3-9H2,1-2H3/t12-,13-,14-/m1/s1. The third-order valence-corrected chi connectivity index (χ3v) is 6.59. The monoisotopic (exact) mass is 327 g/mol. The molecule has 2 saturated heterocycles. The zero-order chi connectivity index (χ0) is 15.7. The van der Waals surface area contributed by atoms with Crippen molar-refractivity contribution in [2.45, 2.75) is 39.2 Å². The molecule has 0 amide bonds. The van der Waals surface area contributed by atoms with E-state index in [1.54, 1.807) is 19.6 Å². The Morgan fingerprint density at radius 1 is 1.09 bits per heavy atom. The van der Waals surface area contributed by atoms with E-state index in [4.69, 9.17) is 0 Å². The van der Waals surface area contributed by atoms with Crippen LogP contribution in [0.15, 0.2) is 12.7 Å². The van der Waals surface area contributed by atoms with E-state index in [0.717, 1.165) is 19.3 Å². The Morgan fingerprint density at radius 3 is 2.45 bits per heavy atom. The summed E-state index contributed by atoms with van der Waals surface area (Å²) < 4.78 is 31.0. The van der Waals surface area contributed by atoms with Gasteiger partial charge in [0.25, 0.3) is 10.2 Å². The molecule has 2 aliphatic heterocycles. The molecular weight excluding hydrogens is 302 g/mol. The molecule has 2 aliphatic rings. The summed E-state index contributed by atoms with van der Waals surface area (Å²) in [5.74, 6) is 0.851. The molecule has 3 atom stereocenters. The average molecular weight is 327 g/mol. The Hall–Kier alpha value is -0.990. The summed E-state index contributed by atoms with van der Waals surface area (Å²) in [5.41, 5.74) is 0. The highest BCUT2D eigenvalue weighted by Gasteiger charge is 2.37. The molecule has 0 radical (unpaired) electrons. The second-order valence-electron chi connectivity index (χ2n) is 6.80. The zero-order valence-corrected chi connectivity index (χ0v) is 14.1. The summed E-state index contributed by atoms with van der Waals surface area (Å²) in [7, 11) is -3.37. The maximum absolute atomic E-state index is 13.0. The smallest absolute Gasteiger partial charge is 0.249 e. The molecule has 0 bridgehead atoms. The summed E-state index contributed by atoms with van der Waals surface area (Å²) in [5, 5.41) is 4.16. The average Bonchev–Trinajstić information content (AvgIpc) is 3.00. The Balaban J connectivity index is 1.74. The van der Waals surface area contributed by atoms with Crippen LogP contribution in [0.1, 0.15) is 39.2 Å². The van der Waals surface area contributed by atoms with Crippen molar-refractivity contribution in [1.82, 2.24) is 23.4 Å². The fraction of sp³-hybridized carbons (Fsp3) is 0.857. The molecule has 22 heavy (non-hydrogen) atoms. The third-order valence-electron chi connectivity index (χ3n) is 4.66. The van der Waals surface area contributed by atoms with Crippen molar-refractivity contribution in [3.8, 4) is 0 Å². The summed E-state index contributed by atoms with van der Waals surface area (Å²) >= 11 is 0. The molecule has 0 aromatic carbocycles. The lowest BCUT2D eigenvalue weighted by Gasteiger charge is -2.39. The molecule has 1 aromatic rings. The molecule has 124 valence electrons. The first-order valence-corrected chi connectivity index (χ1v) is 9.46. The lowest BCUT2D eigenvalue weighted by Crippen LogP contribution is -2.52. The van der Waals surface area contributed by atoms with Crippen molar-refractivity contribution in [2.75, 3.05) is 26.2 Å². The van der Waals surface area contributed by atoms with Crippen molar-refractivity contribution in [1.29, 1.82) is 0 Å². The van der Waals surface area contributed by atoms with Crippen molar-refractivity contribution in [2.24, 2.45) is 11.8 Å². The third kappa shape index (κ3) is 3.18. The largest absolute Gasteiger partial charge is 0.282 e. The lowest BCUT2D eigenvalue weighted by molar-refractivity contribution is 0.191. The first-order valence-electron chi connectivity index (χ1n) is 8.06. The van der Waals surface area contributed by atoms with Gasteiger partial charge in [-0.1, -0.05) is 13.8 Å². The van der Waals surface area contributed by atoms with E-state index in [2.05, 4.69) is 23.9 Å². The molecule has 7 nitrogen and oxygen atoms in total. The van der Waals surface area contributed by atoms with Crippen molar-refractivity contribution in [3.63, 3.8) is 0 Å². The van der Waals surface area contributed by atoms with Gasteiger partial charge in [-0.3, -0.25) is 0 Å². The topological polar surface area (TPSA) is 71.3 Å². The number of hydrogen-bond donors (Lipinski definition) is 0. The number of aromatic nitrogens is 3. The van der Waals surface area contributed by atoms with Gasteiger partial charge < -0.3 is 0 Å². The summed E-state index contributed by atoms with van der Waals surface area (Å²) in [6, 6.07) is 0.0886. The molecule has 0 saturated carbocycles. The van der Waals surface area contributed by atoms with Crippen LogP contribution in [0, 0.1) is 11.8 Å². The van der Waals surface area contributed by atoms with Crippen LogP contribution >= 0.6 is 0 Å². The maximum Gasteiger partial charge on any atom is 0.282 e. The van der Waals surface area contributed by atoms with Gasteiger partial charge in [0, 0.05) is 26.2 Å². The number of piperidine rings is 2. The van der Waals surface area contributed by atoms with E-state index in [9.17, 15) is 8.42 Å². The van der Waals surface area contributed by atoms with Crippen LogP contribution in [0.3, 0.4) is 0 Å². The van der Waals surface area contributed by atoms with E-state index >= 15 is 0 Å². The van der Waals surface area contributed by atoms with E-state index in [-0.39, 0.29) is 6.04 Å². The van der Waals surface area contributed by atoms with Crippen LogP contribution in [-0.4, -0.2) is 58.0 Å². The maximum atomic E-state index is 13.0. The minimum atomic E-state index is -3.37. The molecule has 0 N–H and O–H groups in total. The van der Waals surface area contributed by atoms with Crippen molar-refractivity contribution >= 4 is 10.2 Å². The molecular formula is C14H25N5O2S. The quantitative estimate of drug-likeness (QED) is 0.834. The predicted molar refractivity (Wildman–Crippen MR) is 83.3 cm³/mol. The molecule has 3 heterocycles. The second kappa shape index (κ2) is 6.25. The molecule has 0 aliphatic carbocycles. The van der Waals surface area contributed by atoms with E-state index in [1.807, 2.05) is 0 Å². The van der Waals surface area contributed by atoms with Gasteiger partial charge in [0.2, 0.25) is 0 Å². The molecule has 0 unspecified atom stereocenters. The van der Waals surface area contributed by atoms with Crippen LogP contribution in [0.5, 0.6) is 0 Å². The fourth-order valence-corrected chi connectivity index (χ4v) is 5.64. The van der Waals surface area contributed by atoms with Gasteiger partial charge in [0.15, 0.2) is 0 Å². The normalized spacial score (nSPS) is 32.2. The molecule has 1 aromatic heterocycles. The highest BCUT2D eigenvalue weighted by Crippen LogP contribution is 2.28. The highest BCUT2D eigenvalue weighted by atomic mass is 32.2. The summed E-state index contributed by atoms with van der Waals surface area (Å²) in [6.07, 6.45) is 6.09. The minimum Gasteiger partial charge on any atom is -0.249 e. The van der Waals surface area contributed by atoms with Crippen molar-refractivity contribution < 1.29 is 8.42 Å². The summed E-state index contributed by atoms with van der Waals surface area (Å²) in [6.45, 7) is 6.63. The van der Waals surface area contributed by atoms with Gasteiger partial charge in [-0.2, -0.15) is 22.1 Å². The highest BCUT2D eigenvalue weighted by molar-refractivity contribution is 7.86. The molecule has 2 fully saturated rings. The number of hydrogen-bond acceptors (Lipinski definition) is 4. The van der Waals surface area contributed by atoms with Gasteiger partial charge in [0.1, 0.15) is 12.7 Å². The second-order valence-corrected chi connectivity index (χ2v) is 8.73. The Bertz CT molecular complexity index is 578. The number of nitrogens with zero attached hydrogens (tertiary/aromatic N) is 5. The van der Waals surface area contributed by atoms with Crippen LogP contribution in [0.2, 0.25) is 0 Å². The van der Waals surface area contributed by atoms with Gasteiger partial charge in [-0.25, -0.2) is 9.67 Å². The number of rotatable bonds is 3. The Kier molecular flexibility index (Phi) is 4.52. The first-order chi connectivity index (χ1) is 10.5. The van der Waals surface area contributed by atoms with Crippen LogP contribution in [-0.2, 0) is 10.2 Å². The molecule has 3 rings (SSSR count). The Morgan fingerprint density at radius 2 is 1.82 bits per heavy atom. The zero-order valence-electron chi connectivity index (χ0n) is 13.3. The predicted octanol–water partition coefficient (Wildman–Crippen LogP) is 1.14. The van der Waals surface area contributed by atoms with Crippen LogP contribution < -0.4 is 0 Å². The first kappa shape index (κ1) is 15.9. The van der Waals surface area contributed by atoms with Crippen LogP contribution in [0.25, 0.3) is 0 Å². The van der Waals surface area contributed by atoms with Gasteiger partial charge in [-0.15, -0.1) is 0 Å². The summed E-state index contributed by atoms with van der Waals surface area (Å²) in [4.78, 5) is 3.97. The lowest BCUT2D eigenvalue weighted by atomic mass is 9.94. The SMILES string of the molecule is C[C@@H]1C[C@@H](C)CN(S(=O)(=O)N2CCC[C@@H](n3cncn3)C2)C1. The molecule has 0 spiro atoms. The van der Waals surface area contributed by atoms with Gasteiger partial charge in [0.05, 0.1) is 6.04 Å². The van der Waals surface area contributed by atoms with E-state index in [0.29, 0.717) is 38.0 Å². The molecule has 8 heteroatoms. The van der Waals surface area contributed by atoms with Gasteiger partial charge >= 0.3 is 0 Å². The fourth-order valence-electron chi connectivity index (χ4n) is 3.71. The Labute approximate surface area is 132 Å². The van der Waals surface area contributed by atoms with Gasteiger partial charge in [-0.05, 0) is 31.1 Å². The van der Waals surface area contributed by atoms with E-state index < -0.39 is 10.2 Å². The minimum absolute atomic E-state index is 0.0886. The van der Waals surface area contributed by atoms with Crippen molar-refractivity contribution in [3.05, 3.63) is 12.7 Å². The van der Waals surface area contributed by atoms with E-state index in [1.165, 1.54) is 6.33 Å². The van der Waals surface area contributed by atoms with Crippen LogP contribution in [0.4, 0.5) is 0 Å².